The van der Waals surface area contributed by atoms with Crippen LogP contribution in [0.2, 0.25) is 0 Å². The summed E-state index contributed by atoms with van der Waals surface area (Å²) in [5, 5.41) is 0.784. The van der Waals surface area contributed by atoms with Crippen LogP contribution in [0.1, 0.15) is 19.2 Å². The van der Waals surface area contributed by atoms with Gasteiger partial charge in [0.1, 0.15) is 11.6 Å². The number of fused-ring (bicyclic) bond motifs is 1. The lowest BCUT2D eigenvalue weighted by atomic mass is 10.3. The largest absolute Gasteiger partial charge is 0.478 e. The predicted octanol–water partition coefficient (Wildman–Crippen LogP) is 1.70. The van der Waals surface area contributed by atoms with E-state index in [1.807, 2.05) is 6.92 Å². The van der Waals surface area contributed by atoms with Crippen molar-refractivity contribution in [2.45, 2.75) is 20.3 Å². The fraction of sp³-hybridized carbons (Fsp3) is 0.364. The van der Waals surface area contributed by atoms with Gasteiger partial charge in [-0.15, -0.1) is 0 Å². The molecule has 0 aromatic carbocycles. The number of aromatic nitrogens is 3. The number of nitrogens with zero attached hydrogens (tertiary/aromatic N) is 3. The highest BCUT2D eigenvalue weighted by molar-refractivity contribution is 5.88. The monoisotopic (exact) mass is 218 g/mol. The van der Waals surface area contributed by atoms with E-state index in [2.05, 4.69) is 15.0 Å². The molecule has 0 amide bonds. The fourth-order valence-electron chi connectivity index (χ4n) is 1.44. The van der Waals surface area contributed by atoms with Gasteiger partial charge in [0.25, 0.3) is 0 Å². The van der Waals surface area contributed by atoms with Crippen molar-refractivity contribution in [1.29, 1.82) is 0 Å². The highest BCUT2D eigenvalue weighted by Crippen LogP contribution is 2.20. The zero-order valence-electron chi connectivity index (χ0n) is 9.40. The zero-order chi connectivity index (χ0) is 11.5. The summed E-state index contributed by atoms with van der Waals surface area (Å²) in [6.07, 6.45) is 2.60. The minimum absolute atomic E-state index is 0.464. The molecule has 2 aromatic rings. The number of nitrogens with two attached hydrogens (primary N) is 1. The van der Waals surface area contributed by atoms with Crippen molar-refractivity contribution in [2.75, 3.05) is 12.3 Å². The average Bonchev–Trinajstić information content (AvgIpc) is 2.26. The molecule has 2 rings (SSSR count). The Morgan fingerprint density at radius 3 is 2.94 bits per heavy atom. The smallest absolute Gasteiger partial charge is 0.214 e. The molecule has 84 valence electrons. The van der Waals surface area contributed by atoms with Gasteiger partial charge in [-0.2, -0.15) is 0 Å². The number of aryl methyl sites for hydroxylation is 1. The van der Waals surface area contributed by atoms with Crippen LogP contribution in [0.25, 0.3) is 10.9 Å². The average molecular weight is 218 g/mol. The SMILES string of the molecule is CCCOc1cc2c(N)nc(C)nc2cn1. The van der Waals surface area contributed by atoms with Crippen LogP contribution >= 0.6 is 0 Å². The van der Waals surface area contributed by atoms with Gasteiger partial charge in [-0.25, -0.2) is 15.0 Å². The van der Waals surface area contributed by atoms with Gasteiger partial charge in [0.2, 0.25) is 5.88 Å². The number of anilines is 1. The van der Waals surface area contributed by atoms with Gasteiger partial charge in [-0.1, -0.05) is 6.92 Å². The Bertz CT molecular complexity index is 513. The number of nitrogen functional groups attached to an aromatic ring is 1. The topological polar surface area (TPSA) is 73.9 Å². The van der Waals surface area contributed by atoms with Crippen molar-refractivity contribution in [2.24, 2.45) is 0 Å². The van der Waals surface area contributed by atoms with E-state index in [0.29, 0.717) is 24.1 Å². The van der Waals surface area contributed by atoms with Crippen LogP contribution in [0, 0.1) is 6.92 Å². The summed E-state index contributed by atoms with van der Waals surface area (Å²) in [6.45, 7) is 4.49. The van der Waals surface area contributed by atoms with E-state index in [9.17, 15) is 0 Å². The van der Waals surface area contributed by atoms with Crippen LogP contribution in [0.3, 0.4) is 0 Å². The van der Waals surface area contributed by atoms with Gasteiger partial charge < -0.3 is 10.5 Å². The molecular formula is C11H14N4O. The highest BCUT2D eigenvalue weighted by Gasteiger charge is 2.05. The van der Waals surface area contributed by atoms with Gasteiger partial charge in [0.05, 0.1) is 18.3 Å². The van der Waals surface area contributed by atoms with Crippen molar-refractivity contribution in [3.63, 3.8) is 0 Å². The Balaban J connectivity index is 2.45. The number of hydrogen-bond donors (Lipinski definition) is 1. The van der Waals surface area contributed by atoms with Crippen molar-refractivity contribution in [3.8, 4) is 5.88 Å². The van der Waals surface area contributed by atoms with Crippen molar-refractivity contribution in [1.82, 2.24) is 15.0 Å². The summed E-state index contributed by atoms with van der Waals surface area (Å²) in [5.41, 5.74) is 6.56. The molecule has 5 heteroatoms. The Kier molecular flexibility index (Phi) is 2.85. The lowest BCUT2D eigenvalue weighted by Gasteiger charge is -2.06. The summed E-state index contributed by atoms with van der Waals surface area (Å²) in [4.78, 5) is 12.5. The Hall–Kier alpha value is -1.91. The van der Waals surface area contributed by atoms with Crippen molar-refractivity contribution >= 4 is 16.7 Å². The van der Waals surface area contributed by atoms with Crippen LogP contribution in [0.15, 0.2) is 12.3 Å². The number of rotatable bonds is 3. The maximum Gasteiger partial charge on any atom is 0.214 e. The second kappa shape index (κ2) is 4.30. The van der Waals surface area contributed by atoms with E-state index in [1.54, 1.807) is 19.2 Å². The Morgan fingerprint density at radius 2 is 2.19 bits per heavy atom. The third kappa shape index (κ3) is 2.03. The lowest BCUT2D eigenvalue weighted by molar-refractivity contribution is 0.306. The quantitative estimate of drug-likeness (QED) is 0.848. The van der Waals surface area contributed by atoms with Gasteiger partial charge >= 0.3 is 0 Å². The lowest BCUT2D eigenvalue weighted by Crippen LogP contribution is -2.00. The fourth-order valence-corrected chi connectivity index (χ4v) is 1.44. The minimum Gasteiger partial charge on any atom is -0.478 e. The van der Waals surface area contributed by atoms with E-state index in [1.165, 1.54) is 0 Å². The summed E-state index contributed by atoms with van der Waals surface area (Å²) >= 11 is 0. The highest BCUT2D eigenvalue weighted by atomic mass is 16.5. The van der Waals surface area contributed by atoms with Crippen LogP contribution in [0.5, 0.6) is 5.88 Å². The molecule has 0 radical (unpaired) electrons. The molecule has 0 fully saturated rings. The van der Waals surface area contributed by atoms with Gasteiger partial charge in [0, 0.05) is 11.5 Å². The molecule has 0 unspecified atom stereocenters. The molecule has 0 aliphatic rings. The van der Waals surface area contributed by atoms with Gasteiger partial charge in [-0.05, 0) is 13.3 Å². The molecular weight excluding hydrogens is 204 g/mol. The van der Waals surface area contributed by atoms with E-state index in [4.69, 9.17) is 10.5 Å². The molecule has 5 nitrogen and oxygen atoms in total. The summed E-state index contributed by atoms with van der Waals surface area (Å²) in [6, 6.07) is 1.78. The van der Waals surface area contributed by atoms with Crippen LogP contribution < -0.4 is 10.5 Å². The molecule has 0 saturated carbocycles. The summed E-state index contributed by atoms with van der Waals surface area (Å²) in [5.74, 6) is 1.67. The molecule has 0 aliphatic carbocycles. The second-order valence-electron chi connectivity index (χ2n) is 3.54. The molecule has 0 spiro atoms. The molecule has 2 N–H and O–H groups in total. The van der Waals surface area contributed by atoms with E-state index in [-0.39, 0.29) is 0 Å². The maximum absolute atomic E-state index is 5.82. The first kappa shape index (κ1) is 10.6. The maximum atomic E-state index is 5.82. The van der Waals surface area contributed by atoms with E-state index >= 15 is 0 Å². The van der Waals surface area contributed by atoms with Crippen LogP contribution in [-0.2, 0) is 0 Å². The molecule has 0 bridgehead atoms. The summed E-state index contributed by atoms with van der Waals surface area (Å²) in [7, 11) is 0. The first-order valence-corrected chi connectivity index (χ1v) is 5.23. The second-order valence-corrected chi connectivity index (χ2v) is 3.54. The molecule has 0 saturated heterocycles. The van der Waals surface area contributed by atoms with Gasteiger partial charge in [0.15, 0.2) is 0 Å². The standard InChI is InChI=1S/C11H14N4O/c1-3-4-16-10-5-8-9(6-13-10)14-7(2)15-11(8)12/h5-6H,3-4H2,1-2H3,(H2,12,14,15). The Morgan fingerprint density at radius 1 is 1.38 bits per heavy atom. The first-order chi connectivity index (χ1) is 7.70. The van der Waals surface area contributed by atoms with Crippen molar-refractivity contribution < 1.29 is 4.74 Å². The zero-order valence-corrected chi connectivity index (χ0v) is 9.40. The molecule has 0 atom stereocenters. The van der Waals surface area contributed by atoms with E-state index in [0.717, 1.165) is 17.3 Å². The molecule has 2 heterocycles. The Labute approximate surface area is 93.7 Å². The predicted molar refractivity (Wildman–Crippen MR) is 62.3 cm³/mol. The first-order valence-electron chi connectivity index (χ1n) is 5.23. The number of ether oxygens (including phenoxy) is 1. The van der Waals surface area contributed by atoms with Crippen LogP contribution in [0.4, 0.5) is 5.82 Å². The normalized spacial score (nSPS) is 10.6. The molecule has 2 aromatic heterocycles. The van der Waals surface area contributed by atoms with Crippen molar-refractivity contribution in [3.05, 3.63) is 18.1 Å². The van der Waals surface area contributed by atoms with Crippen LogP contribution in [-0.4, -0.2) is 21.6 Å². The minimum atomic E-state index is 0.464. The third-order valence-electron chi connectivity index (χ3n) is 2.15. The summed E-state index contributed by atoms with van der Waals surface area (Å²) < 4.78 is 5.43. The number of hydrogen-bond acceptors (Lipinski definition) is 5. The third-order valence-corrected chi connectivity index (χ3v) is 2.15. The molecule has 16 heavy (non-hydrogen) atoms. The molecule has 0 aliphatic heterocycles. The van der Waals surface area contributed by atoms with Gasteiger partial charge in [-0.3, -0.25) is 0 Å². The number of pyridine rings is 1. The van der Waals surface area contributed by atoms with E-state index < -0.39 is 0 Å².